The molecule has 110 valence electrons. The van der Waals surface area contributed by atoms with Crippen LogP contribution in [0.4, 0.5) is 0 Å². The van der Waals surface area contributed by atoms with E-state index in [0.29, 0.717) is 0 Å². The van der Waals surface area contributed by atoms with Crippen LogP contribution in [0.15, 0.2) is 46.9 Å². The minimum Gasteiger partial charge on any atom is -0.496 e. The standard InChI is InChI=1S/C18H20BrNO/c1-13-5-3-4-6-15(13)18(11-20-12-18)10-14-7-8-17(21-2)16(19)9-14/h3-9,20H,10-12H2,1-2H3. The highest BCUT2D eigenvalue weighted by molar-refractivity contribution is 9.10. The average Bonchev–Trinajstić information content (AvgIpc) is 2.44. The number of hydrogen-bond donors (Lipinski definition) is 1. The van der Waals surface area contributed by atoms with Gasteiger partial charge in [-0.15, -0.1) is 0 Å². The lowest BCUT2D eigenvalue weighted by atomic mass is 9.69. The van der Waals surface area contributed by atoms with E-state index in [9.17, 15) is 0 Å². The quantitative estimate of drug-likeness (QED) is 0.908. The fraction of sp³-hybridized carbons (Fsp3) is 0.333. The predicted molar refractivity (Wildman–Crippen MR) is 90.1 cm³/mol. The van der Waals surface area contributed by atoms with Crippen molar-refractivity contribution in [3.05, 3.63) is 63.6 Å². The average molecular weight is 346 g/mol. The van der Waals surface area contributed by atoms with E-state index in [1.165, 1.54) is 16.7 Å². The highest BCUT2D eigenvalue weighted by Gasteiger charge is 2.39. The van der Waals surface area contributed by atoms with Crippen LogP contribution in [0, 0.1) is 6.92 Å². The van der Waals surface area contributed by atoms with Crippen LogP contribution in [0.1, 0.15) is 16.7 Å². The van der Waals surface area contributed by atoms with Crippen molar-refractivity contribution >= 4 is 15.9 Å². The van der Waals surface area contributed by atoms with Gasteiger partial charge in [0.25, 0.3) is 0 Å². The van der Waals surface area contributed by atoms with Crippen molar-refractivity contribution in [2.75, 3.05) is 20.2 Å². The van der Waals surface area contributed by atoms with E-state index in [1.807, 2.05) is 6.07 Å². The van der Waals surface area contributed by atoms with Crippen LogP contribution >= 0.6 is 15.9 Å². The van der Waals surface area contributed by atoms with Crippen LogP contribution in [0.25, 0.3) is 0 Å². The normalized spacial score (nSPS) is 16.3. The van der Waals surface area contributed by atoms with Gasteiger partial charge in [0.05, 0.1) is 11.6 Å². The molecule has 0 aliphatic carbocycles. The molecule has 1 N–H and O–H groups in total. The summed E-state index contributed by atoms with van der Waals surface area (Å²) in [5.41, 5.74) is 4.41. The predicted octanol–water partition coefficient (Wildman–Crippen LogP) is 3.85. The van der Waals surface area contributed by atoms with Gasteiger partial charge in [-0.05, 0) is 58.1 Å². The molecular formula is C18H20BrNO. The molecule has 3 heteroatoms. The lowest BCUT2D eigenvalue weighted by Gasteiger charge is -2.44. The van der Waals surface area contributed by atoms with Crippen molar-refractivity contribution in [3.8, 4) is 5.75 Å². The Kier molecular flexibility index (Phi) is 4.05. The molecular weight excluding hydrogens is 326 g/mol. The number of benzene rings is 2. The summed E-state index contributed by atoms with van der Waals surface area (Å²) in [7, 11) is 1.70. The first-order valence-corrected chi connectivity index (χ1v) is 8.03. The summed E-state index contributed by atoms with van der Waals surface area (Å²) in [6, 6.07) is 15.1. The molecule has 2 aromatic rings. The van der Waals surface area contributed by atoms with Gasteiger partial charge >= 0.3 is 0 Å². The second-order valence-electron chi connectivity index (χ2n) is 5.84. The molecule has 0 aromatic heterocycles. The van der Waals surface area contributed by atoms with Crippen molar-refractivity contribution in [1.82, 2.24) is 5.32 Å². The van der Waals surface area contributed by atoms with Gasteiger partial charge in [0.1, 0.15) is 5.75 Å². The number of halogens is 1. The molecule has 1 saturated heterocycles. The zero-order valence-corrected chi connectivity index (χ0v) is 14.0. The van der Waals surface area contributed by atoms with Gasteiger partial charge in [0.15, 0.2) is 0 Å². The molecule has 0 unspecified atom stereocenters. The van der Waals surface area contributed by atoms with Gasteiger partial charge < -0.3 is 10.1 Å². The Bertz CT molecular complexity index is 649. The Morgan fingerprint density at radius 3 is 2.52 bits per heavy atom. The van der Waals surface area contributed by atoms with E-state index in [4.69, 9.17) is 4.74 Å². The fourth-order valence-electron chi connectivity index (χ4n) is 3.22. The zero-order valence-electron chi connectivity index (χ0n) is 12.4. The summed E-state index contributed by atoms with van der Waals surface area (Å²) in [6.07, 6.45) is 1.05. The molecule has 0 bridgehead atoms. The van der Waals surface area contributed by atoms with Crippen LogP contribution in [-0.4, -0.2) is 20.2 Å². The second kappa shape index (κ2) is 5.82. The molecule has 2 nitrogen and oxygen atoms in total. The lowest BCUT2D eigenvalue weighted by molar-refractivity contribution is 0.273. The summed E-state index contributed by atoms with van der Waals surface area (Å²) in [5, 5.41) is 3.45. The van der Waals surface area contributed by atoms with Crippen LogP contribution < -0.4 is 10.1 Å². The van der Waals surface area contributed by atoms with Crippen LogP contribution in [0.2, 0.25) is 0 Å². The number of hydrogen-bond acceptors (Lipinski definition) is 2. The molecule has 0 atom stereocenters. The SMILES string of the molecule is COc1ccc(CC2(c3ccccc3C)CNC2)cc1Br. The Hall–Kier alpha value is -1.32. The summed E-state index contributed by atoms with van der Waals surface area (Å²) in [5.74, 6) is 0.885. The zero-order chi connectivity index (χ0) is 14.9. The first-order chi connectivity index (χ1) is 10.1. The van der Waals surface area contributed by atoms with Crippen molar-refractivity contribution in [2.24, 2.45) is 0 Å². The number of ether oxygens (including phenoxy) is 1. The lowest BCUT2D eigenvalue weighted by Crippen LogP contribution is -2.58. The second-order valence-corrected chi connectivity index (χ2v) is 6.70. The van der Waals surface area contributed by atoms with Crippen molar-refractivity contribution in [2.45, 2.75) is 18.8 Å². The summed E-state index contributed by atoms with van der Waals surface area (Å²) in [4.78, 5) is 0. The smallest absolute Gasteiger partial charge is 0.133 e. The first-order valence-electron chi connectivity index (χ1n) is 7.24. The van der Waals surface area contributed by atoms with Crippen LogP contribution in [0.5, 0.6) is 5.75 Å². The topological polar surface area (TPSA) is 21.3 Å². The van der Waals surface area contributed by atoms with Gasteiger partial charge in [0.2, 0.25) is 0 Å². The maximum Gasteiger partial charge on any atom is 0.133 e. The molecule has 1 aliphatic heterocycles. The molecule has 3 rings (SSSR count). The van der Waals surface area contributed by atoms with Gasteiger partial charge in [-0.3, -0.25) is 0 Å². The van der Waals surface area contributed by atoms with Crippen molar-refractivity contribution in [1.29, 1.82) is 0 Å². The number of nitrogens with one attached hydrogen (secondary N) is 1. The largest absolute Gasteiger partial charge is 0.496 e. The van der Waals surface area contributed by atoms with Gasteiger partial charge in [-0.2, -0.15) is 0 Å². The van der Waals surface area contributed by atoms with Crippen LogP contribution in [-0.2, 0) is 11.8 Å². The minimum atomic E-state index is 0.222. The van der Waals surface area contributed by atoms with Gasteiger partial charge in [0, 0.05) is 18.5 Å². The monoisotopic (exact) mass is 345 g/mol. The van der Waals surface area contributed by atoms with Gasteiger partial charge in [-0.25, -0.2) is 0 Å². The summed E-state index contributed by atoms with van der Waals surface area (Å²) < 4.78 is 6.34. The first kappa shape index (κ1) is 14.6. The molecule has 1 fully saturated rings. The number of rotatable bonds is 4. The highest BCUT2D eigenvalue weighted by Crippen LogP contribution is 2.36. The molecule has 0 saturated carbocycles. The van der Waals surface area contributed by atoms with Crippen LogP contribution in [0.3, 0.4) is 0 Å². The van der Waals surface area contributed by atoms with E-state index in [-0.39, 0.29) is 5.41 Å². The fourth-order valence-corrected chi connectivity index (χ4v) is 3.80. The van der Waals surface area contributed by atoms with E-state index < -0.39 is 0 Å². The molecule has 21 heavy (non-hydrogen) atoms. The van der Waals surface area contributed by atoms with E-state index in [0.717, 1.165) is 29.7 Å². The molecule has 0 amide bonds. The maximum absolute atomic E-state index is 5.31. The Morgan fingerprint density at radius 2 is 1.95 bits per heavy atom. The molecule has 0 spiro atoms. The molecule has 2 aromatic carbocycles. The summed E-state index contributed by atoms with van der Waals surface area (Å²) >= 11 is 3.58. The highest BCUT2D eigenvalue weighted by atomic mass is 79.9. The van der Waals surface area contributed by atoms with E-state index in [1.54, 1.807) is 7.11 Å². The third-order valence-corrected chi connectivity index (χ3v) is 5.02. The van der Waals surface area contributed by atoms with Gasteiger partial charge in [-0.1, -0.05) is 30.3 Å². The summed E-state index contributed by atoms with van der Waals surface area (Å²) in [6.45, 7) is 4.29. The molecule has 0 radical (unpaired) electrons. The number of aryl methyl sites for hydroxylation is 1. The molecule has 1 aliphatic rings. The third kappa shape index (κ3) is 2.72. The third-order valence-electron chi connectivity index (χ3n) is 4.40. The Labute approximate surface area is 134 Å². The van der Waals surface area contributed by atoms with Crippen molar-refractivity contribution in [3.63, 3.8) is 0 Å². The maximum atomic E-state index is 5.31. The Balaban J connectivity index is 1.91. The number of methoxy groups -OCH3 is 1. The van der Waals surface area contributed by atoms with E-state index in [2.05, 4.69) is 64.6 Å². The van der Waals surface area contributed by atoms with Crippen molar-refractivity contribution < 1.29 is 4.74 Å². The van der Waals surface area contributed by atoms with E-state index >= 15 is 0 Å². The molecule has 1 heterocycles. The minimum absolute atomic E-state index is 0.222. The Morgan fingerprint density at radius 1 is 1.19 bits per heavy atom.